The van der Waals surface area contributed by atoms with Crippen LogP contribution in [-0.2, 0) is 78.5 Å². The lowest BCUT2D eigenvalue weighted by atomic mass is 9.98. The summed E-state index contributed by atoms with van der Waals surface area (Å²) in [6.07, 6.45) is 12.6. The first kappa shape index (κ1) is 114. The highest BCUT2D eigenvalue weighted by Gasteiger charge is 2.28. The van der Waals surface area contributed by atoms with Crippen molar-refractivity contribution in [2.75, 3.05) is 26.9 Å². The van der Waals surface area contributed by atoms with Gasteiger partial charge in [0.05, 0.1) is 20.3 Å². The zero-order chi connectivity index (χ0) is 79.7. The van der Waals surface area contributed by atoms with Crippen molar-refractivity contribution >= 4 is 43.7 Å². The number of hydrogen-bond acceptors (Lipinski definition) is 12. The Morgan fingerprint density at radius 3 is 1.05 bits per heavy atom. The fourth-order valence-corrected chi connectivity index (χ4v) is 9.41. The van der Waals surface area contributed by atoms with Crippen LogP contribution in [0.5, 0.6) is 0 Å². The maximum atomic E-state index is 11.0. The topological polar surface area (TPSA) is 169 Å². The van der Waals surface area contributed by atoms with Gasteiger partial charge >= 0.3 is 29.8 Å². The Kier molecular flexibility index (Phi) is 100. The molecule has 12 nitrogen and oxygen atoms in total. The molecule has 6 rings (SSSR count). The van der Waals surface area contributed by atoms with E-state index in [1.54, 1.807) is 0 Å². The number of carbonyl (C=O) groups excluding carboxylic acids is 6. The summed E-state index contributed by atoms with van der Waals surface area (Å²) in [4.78, 5) is 60.5. The van der Waals surface area contributed by atoms with Crippen LogP contribution in [0.3, 0.4) is 0 Å². The van der Waals surface area contributed by atoms with E-state index >= 15 is 0 Å². The van der Waals surface area contributed by atoms with E-state index in [-0.39, 0.29) is 48.2 Å². The van der Waals surface area contributed by atoms with Crippen molar-refractivity contribution in [3.05, 3.63) is 192 Å². The third-order valence-corrected chi connectivity index (χ3v) is 13.4. The van der Waals surface area contributed by atoms with Crippen LogP contribution in [0.1, 0.15) is 258 Å². The molecule has 0 radical (unpaired) electrons. The van der Waals surface area contributed by atoms with Crippen molar-refractivity contribution in [3.63, 3.8) is 0 Å². The van der Waals surface area contributed by atoms with Gasteiger partial charge in [0.15, 0.2) is 0 Å². The third kappa shape index (κ3) is 92.8. The molecule has 0 saturated heterocycles. The van der Waals surface area contributed by atoms with Gasteiger partial charge in [0.2, 0.25) is 0 Å². The van der Waals surface area contributed by atoms with Crippen LogP contribution in [0.4, 0.5) is 0 Å². The van der Waals surface area contributed by atoms with E-state index in [0.717, 1.165) is 55.1 Å². The van der Waals surface area contributed by atoms with E-state index in [1.165, 1.54) is 120 Å². The van der Waals surface area contributed by atoms with Crippen molar-refractivity contribution < 1.29 is 57.6 Å². The molecule has 1 aliphatic carbocycles. The Balaban J connectivity index is -0.000000113. The highest BCUT2D eigenvalue weighted by Crippen LogP contribution is 2.44. The lowest BCUT2D eigenvalue weighted by molar-refractivity contribution is -0.142. The molecule has 0 atom stereocenters. The molecule has 0 fully saturated rings. The highest BCUT2D eigenvalue weighted by molar-refractivity contribution is 6.76. The maximum absolute atomic E-state index is 11.0. The van der Waals surface area contributed by atoms with Gasteiger partial charge in [-0.25, -0.2) is 0 Å². The molecule has 0 unspecified atom stereocenters. The number of aliphatic hydroxyl groups excluding tert-OH is 1. The van der Waals surface area contributed by atoms with Crippen molar-refractivity contribution in [1.82, 2.24) is 0 Å². The van der Waals surface area contributed by atoms with Gasteiger partial charge in [-0.1, -0.05) is 335 Å². The Bertz CT molecular complexity index is 2500. The van der Waals surface area contributed by atoms with Crippen molar-refractivity contribution in [2.45, 2.75) is 276 Å². The second-order valence-electron chi connectivity index (χ2n) is 23.1. The van der Waals surface area contributed by atoms with Gasteiger partial charge in [0.25, 0.3) is 0 Å². The van der Waals surface area contributed by atoms with Gasteiger partial charge in [-0.05, 0) is 95.9 Å². The number of ketones is 1. The second-order valence-corrected chi connectivity index (χ2v) is 28.6. The number of fused-ring (bicyclic) bond motifs is 3. The molecule has 0 amide bonds. The molecular formula is C87H150O12Si. The Morgan fingerprint density at radius 1 is 0.470 bits per heavy atom. The summed E-state index contributed by atoms with van der Waals surface area (Å²) in [5.74, 6) is 0.965. The van der Waals surface area contributed by atoms with Gasteiger partial charge in [-0.15, -0.1) is 6.58 Å². The summed E-state index contributed by atoms with van der Waals surface area (Å²) in [6.45, 7) is 66.0. The van der Waals surface area contributed by atoms with Crippen LogP contribution in [0.25, 0.3) is 11.1 Å². The molecule has 13 heteroatoms. The molecule has 5 aromatic carbocycles. The van der Waals surface area contributed by atoms with Crippen LogP contribution in [0.2, 0.25) is 25.7 Å². The fourth-order valence-electron chi connectivity index (χ4n) is 6.96. The van der Waals surface area contributed by atoms with E-state index in [0.29, 0.717) is 26.4 Å². The van der Waals surface area contributed by atoms with Crippen LogP contribution in [0.15, 0.2) is 159 Å². The van der Waals surface area contributed by atoms with E-state index in [4.69, 9.17) is 14.6 Å². The van der Waals surface area contributed by atoms with E-state index < -0.39 is 8.07 Å². The van der Waals surface area contributed by atoms with Gasteiger partial charge in [0.1, 0.15) is 25.6 Å². The van der Waals surface area contributed by atoms with Crippen LogP contribution < -0.4 is 0 Å². The molecule has 0 spiro atoms. The van der Waals surface area contributed by atoms with Gasteiger partial charge in [-0.3, -0.25) is 24.0 Å². The number of unbranched alkanes of at least 4 members (excludes halogenated alkanes) is 2. The third-order valence-electron chi connectivity index (χ3n) is 11.4. The average Bonchev–Trinajstić information content (AvgIpc) is 1.62. The Labute approximate surface area is 616 Å². The number of benzene rings is 5. The quantitative estimate of drug-likeness (QED) is 0.0308. The summed E-state index contributed by atoms with van der Waals surface area (Å²) in [5.41, 5.74) is 9.74. The van der Waals surface area contributed by atoms with E-state index in [9.17, 15) is 28.8 Å². The standard InChI is InChI=1S/C16H14O2.C9H10O2.C9H12O.C8H10.C7H18Si.C6H12O2.C5H8O2.C5H12.C5H10.C3H6O2.C3H6O.C3H8.4C2H6/c1-11(17)18-10-16-14-8-4-2-6-12(14)13-7-3-5-9-15(13)16;1-8(10)11-7-9-5-3-2-4-6-9;1-2-8-3-5-9(7-10)6-4-8;1-2-8-6-4-3-5-7-8;1-7(2)6-8(3,4)5;1-3-4-5-8-6(2)7;1-3-4-7-5(2)6;1-4-5(2)3;1-3-5-4-2;1-3(4)5-2;1-3(2)4;1-3-2;4*1-2/h2-9,16H,10H2,1H3;2-6H,7H2,1H3;3-6,10H,2,7H2,1H3;3-7H,2H2,1H3;7H,6H2,1-5H3;3-5H2,1-2H3;3H,1,4H2,2H3;5H,4H2,1-3H3;3H,1,4-5H2,2H3;1-2H3;1-2H3;3H2,1-2H3;4*1-2H3. The molecule has 1 N–H and O–H groups in total. The maximum Gasteiger partial charge on any atom is 0.302 e. The van der Waals surface area contributed by atoms with E-state index in [2.05, 4.69) is 172 Å². The monoisotopic (exact) mass is 1420 g/mol. The number of esters is 5. The number of allylic oxidation sites excluding steroid dienone is 1. The van der Waals surface area contributed by atoms with Gasteiger partial charge in [-0.2, -0.15) is 0 Å². The number of aliphatic hydroxyl groups is 1. The molecule has 1 aliphatic rings. The average molecular weight is 1420 g/mol. The van der Waals surface area contributed by atoms with Gasteiger partial charge < -0.3 is 33.6 Å². The minimum absolute atomic E-state index is 0.143. The molecule has 0 saturated carbocycles. The zero-order valence-electron chi connectivity index (χ0n) is 69.3. The largest absolute Gasteiger partial charge is 0.469 e. The first-order valence-corrected chi connectivity index (χ1v) is 40.3. The summed E-state index contributed by atoms with van der Waals surface area (Å²) in [6, 6.07) is 46.2. The molecule has 5 aromatic rings. The summed E-state index contributed by atoms with van der Waals surface area (Å²) < 4.78 is 23.2. The summed E-state index contributed by atoms with van der Waals surface area (Å²) in [7, 11) is 0.629. The number of aryl methyl sites for hydroxylation is 2. The Morgan fingerprint density at radius 2 is 0.810 bits per heavy atom. The predicted octanol–water partition coefficient (Wildman–Crippen LogP) is 24.5. The number of carbonyl (C=O) groups is 6. The number of ether oxygens (including phenoxy) is 5. The normalized spacial score (nSPS) is 9.17. The number of methoxy groups -OCH3 is 1. The second kappa shape index (κ2) is 87.9. The molecule has 0 bridgehead atoms. The molecular weight excluding hydrogens is 1270 g/mol. The highest BCUT2D eigenvalue weighted by atomic mass is 28.3. The van der Waals surface area contributed by atoms with Crippen LogP contribution in [0, 0.1) is 11.8 Å². The van der Waals surface area contributed by atoms with Crippen molar-refractivity contribution in [2.24, 2.45) is 11.8 Å². The van der Waals surface area contributed by atoms with Crippen LogP contribution in [-0.4, -0.2) is 75.7 Å². The number of hydrogen-bond donors (Lipinski definition) is 1. The summed E-state index contributed by atoms with van der Waals surface area (Å²) in [5, 5.41) is 8.70. The number of Topliss-reactive ketones (excluding diaryl/α,β-unsaturated/α-hetero) is 1. The lowest BCUT2D eigenvalue weighted by Crippen LogP contribution is -2.21. The fraction of sp³-hybridized carbons (Fsp3) is 0.540. The molecule has 0 heterocycles. The first-order chi connectivity index (χ1) is 47.4. The SMILES string of the molecule is C=CCCC.C=CCOC(C)=O.CC.CC.CC.CC.CC(=O)OCC1c2ccccc2-c2ccccc21.CC(=O)OCc1ccccc1.CC(C)=O.CC(C)C[Si](C)(C)C.CCC.CCC(C)C.CCCCOC(C)=O.CCc1ccc(CO)cc1.CCc1ccccc1.COC(C)=O. The Hall–Kier alpha value is -7.22. The molecule has 100 heavy (non-hydrogen) atoms. The van der Waals surface area contributed by atoms with Crippen molar-refractivity contribution in [1.29, 1.82) is 0 Å². The molecule has 0 aliphatic heterocycles. The zero-order valence-corrected chi connectivity index (χ0v) is 70.3. The molecule has 574 valence electrons. The first-order valence-electron chi connectivity index (χ1n) is 36.6. The lowest BCUT2D eigenvalue weighted by Gasteiger charge is -2.17. The van der Waals surface area contributed by atoms with E-state index in [1.807, 2.05) is 146 Å². The van der Waals surface area contributed by atoms with Crippen molar-refractivity contribution in [3.8, 4) is 11.1 Å². The molecule has 0 aromatic heterocycles. The smallest absolute Gasteiger partial charge is 0.302 e. The minimum atomic E-state index is -0.720. The van der Waals surface area contributed by atoms with Gasteiger partial charge in [0, 0.05) is 48.6 Å². The summed E-state index contributed by atoms with van der Waals surface area (Å²) >= 11 is 0. The van der Waals surface area contributed by atoms with Crippen LogP contribution >= 0.6 is 0 Å². The number of rotatable bonds is 17. The minimum Gasteiger partial charge on any atom is -0.469 e. The predicted molar refractivity (Wildman–Crippen MR) is 437 cm³/mol.